The first-order chi connectivity index (χ1) is 7.94. The summed E-state index contributed by atoms with van der Waals surface area (Å²) in [6, 6.07) is 6.72. The minimum Gasteiger partial charge on any atom is -0.464 e. The molecule has 0 unspecified atom stereocenters. The lowest BCUT2D eigenvalue weighted by atomic mass is 10.3. The van der Waals surface area contributed by atoms with Gasteiger partial charge in [0.2, 0.25) is 13.2 Å². The van der Waals surface area contributed by atoms with E-state index in [-0.39, 0.29) is 0 Å². The standard InChI is InChI=1S/C10H13NO5S/c1-11(7-12)9-5-3-4-6-10(9)15-8-16-17(2,13)14/h3-7H,8H2,1-2H3. The highest BCUT2D eigenvalue weighted by molar-refractivity contribution is 7.85. The van der Waals surface area contributed by atoms with Crippen molar-refractivity contribution in [1.29, 1.82) is 0 Å². The maximum atomic E-state index is 10.7. The molecule has 0 aliphatic heterocycles. The molecule has 0 atom stereocenters. The second-order valence-electron chi connectivity index (χ2n) is 3.27. The molecular weight excluding hydrogens is 246 g/mol. The lowest BCUT2D eigenvalue weighted by Crippen LogP contribution is -2.16. The summed E-state index contributed by atoms with van der Waals surface area (Å²) in [5.41, 5.74) is 0.527. The SMILES string of the molecule is CN(C=O)c1ccccc1OCOS(C)(=O)=O. The zero-order valence-electron chi connectivity index (χ0n) is 9.49. The molecule has 0 aromatic heterocycles. The average molecular weight is 259 g/mol. The molecule has 6 nitrogen and oxygen atoms in total. The van der Waals surface area contributed by atoms with E-state index < -0.39 is 16.9 Å². The van der Waals surface area contributed by atoms with E-state index in [9.17, 15) is 13.2 Å². The van der Waals surface area contributed by atoms with E-state index in [1.165, 1.54) is 4.90 Å². The van der Waals surface area contributed by atoms with E-state index in [2.05, 4.69) is 4.18 Å². The third-order valence-corrected chi connectivity index (χ3v) is 2.40. The molecular formula is C10H13NO5S. The molecule has 1 aromatic carbocycles. The second kappa shape index (κ2) is 5.65. The summed E-state index contributed by atoms with van der Waals surface area (Å²) in [5.74, 6) is 0.366. The third kappa shape index (κ3) is 4.41. The normalized spacial score (nSPS) is 10.9. The number of hydrogen-bond acceptors (Lipinski definition) is 5. The summed E-state index contributed by atoms with van der Waals surface area (Å²) >= 11 is 0. The fourth-order valence-electron chi connectivity index (χ4n) is 1.10. The van der Waals surface area contributed by atoms with Gasteiger partial charge in [0.15, 0.2) is 0 Å². The van der Waals surface area contributed by atoms with Crippen LogP contribution in [0.1, 0.15) is 0 Å². The zero-order valence-corrected chi connectivity index (χ0v) is 10.3. The van der Waals surface area contributed by atoms with Crippen molar-refractivity contribution in [2.24, 2.45) is 0 Å². The van der Waals surface area contributed by atoms with E-state index in [0.717, 1.165) is 6.26 Å². The minimum absolute atomic E-state index is 0.366. The molecule has 17 heavy (non-hydrogen) atoms. The molecule has 94 valence electrons. The maximum Gasteiger partial charge on any atom is 0.267 e. The van der Waals surface area contributed by atoms with Gasteiger partial charge in [-0.3, -0.25) is 4.79 Å². The lowest BCUT2D eigenvalue weighted by molar-refractivity contribution is -0.107. The van der Waals surface area contributed by atoms with E-state index in [1.54, 1.807) is 31.3 Å². The van der Waals surface area contributed by atoms with Gasteiger partial charge in [0.25, 0.3) is 10.1 Å². The molecule has 0 saturated heterocycles. The van der Waals surface area contributed by atoms with Crippen LogP contribution in [0.4, 0.5) is 5.69 Å². The van der Waals surface area contributed by atoms with E-state index in [4.69, 9.17) is 4.74 Å². The summed E-state index contributed by atoms with van der Waals surface area (Å²) in [4.78, 5) is 11.9. The number of anilines is 1. The fraction of sp³-hybridized carbons (Fsp3) is 0.300. The number of amides is 1. The first kappa shape index (κ1) is 13.5. The highest BCUT2D eigenvalue weighted by atomic mass is 32.2. The minimum atomic E-state index is -3.54. The molecule has 0 spiro atoms. The molecule has 0 aliphatic carbocycles. The molecule has 1 aromatic rings. The maximum absolute atomic E-state index is 10.7. The van der Waals surface area contributed by atoms with Gasteiger partial charge < -0.3 is 9.64 Å². The quantitative estimate of drug-likeness (QED) is 0.425. The Labute approximate surface area is 99.9 Å². The Hall–Kier alpha value is -1.60. The van der Waals surface area contributed by atoms with Gasteiger partial charge in [-0.25, -0.2) is 4.18 Å². The Morgan fingerprint density at radius 3 is 2.59 bits per heavy atom. The van der Waals surface area contributed by atoms with E-state index in [0.29, 0.717) is 17.8 Å². The molecule has 0 N–H and O–H groups in total. The second-order valence-corrected chi connectivity index (χ2v) is 4.91. The van der Waals surface area contributed by atoms with E-state index in [1.807, 2.05) is 0 Å². The van der Waals surface area contributed by atoms with Gasteiger partial charge in [-0.2, -0.15) is 8.42 Å². The van der Waals surface area contributed by atoms with Crippen molar-refractivity contribution in [3.8, 4) is 5.75 Å². The summed E-state index contributed by atoms with van der Waals surface area (Å²) in [6.45, 7) is -0.428. The molecule has 0 fully saturated rings. The predicted octanol–water partition coefficient (Wildman–Crippen LogP) is 0.592. The predicted molar refractivity (Wildman–Crippen MR) is 62.3 cm³/mol. The molecule has 0 aliphatic rings. The number of rotatable bonds is 6. The van der Waals surface area contributed by atoms with Crippen LogP contribution in [0.25, 0.3) is 0 Å². The Morgan fingerprint density at radius 2 is 2.00 bits per heavy atom. The summed E-state index contributed by atoms with van der Waals surface area (Å²) in [5, 5.41) is 0. The van der Waals surface area contributed by atoms with E-state index >= 15 is 0 Å². The number of nitrogens with zero attached hydrogens (tertiary/aromatic N) is 1. The molecule has 1 rings (SSSR count). The smallest absolute Gasteiger partial charge is 0.267 e. The fourth-order valence-corrected chi connectivity index (χ4v) is 1.33. The molecule has 0 saturated carbocycles. The topological polar surface area (TPSA) is 72.9 Å². The van der Waals surface area contributed by atoms with Gasteiger partial charge >= 0.3 is 0 Å². The van der Waals surface area contributed by atoms with Crippen molar-refractivity contribution in [2.45, 2.75) is 0 Å². The van der Waals surface area contributed by atoms with Crippen LogP contribution in [-0.4, -0.2) is 34.9 Å². The highest BCUT2D eigenvalue weighted by Gasteiger charge is 2.08. The van der Waals surface area contributed by atoms with Gasteiger partial charge in [-0.15, -0.1) is 0 Å². The molecule has 0 radical (unpaired) electrons. The number of para-hydroxylation sites is 2. The Balaban J connectivity index is 2.74. The average Bonchev–Trinajstić information content (AvgIpc) is 2.27. The molecule has 1 amide bonds. The van der Waals surface area contributed by atoms with Crippen LogP contribution < -0.4 is 9.64 Å². The Bertz CT molecular complexity index is 485. The van der Waals surface area contributed by atoms with Gasteiger partial charge in [0.05, 0.1) is 11.9 Å². The number of carbonyl (C=O) groups is 1. The Kier molecular flexibility index (Phi) is 4.47. The highest BCUT2D eigenvalue weighted by Crippen LogP contribution is 2.26. The monoisotopic (exact) mass is 259 g/mol. The number of hydrogen-bond donors (Lipinski definition) is 0. The molecule has 0 bridgehead atoms. The zero-order chi connectivity index (χ0) is 12.9. The van der Waals surface area contributed by atoms with Gasteiger partial charge in [-0.05, 0) is 12.1 Å². The van der Waals surface area contributed by atoms with Gasteiger partial charge in [-0.1, -0.05) is 12.1 Å². The van der Waals surface area contributed by atoms with Crippen molar-refractivity contribution in [2.75, 3.05) is 25.0 Å². The summed E-state index contributed by atoms with van der Waals surface area (Å²) in [6.07, 6.45) is 1.55. The van der Waals surface area contributed by atoms with Crippen molar-refractivity contribution in [1.82, 2.24) is 0 Å². The number of benzene rings is 1. The van der Waals surface area contributed by atoms with Crippen LogP contribution >= 0.6 is 0 Å². The largest absolute Gasteiger partial charge is 0.464 e. The van der Waals surface area contributed by atoms with Crippen molar-refractivity contribution >= 4 is 22.2 Å². The first-order valence-corrected chi connectivity index (χ1v) is 6.50. The van der Waals surface area contributed by atoms with Gasteiger partial charge in [0, 0.05) is 7.05 Å². The van der Waals surface area contributed by atoms with Crippen molar-refractivity contribution in [3.63, 3.8) is 0 Å². The van der Waals surface area contributed by atoms with Crippen LogP contribution in [0, 0.1) is 0 Å². The Morgan fingerprint density at radius 1 is 1.35 bits per heavy atom. The van der Waals surface area contributed by atoms with Crippen LogP contribution in [0.3, 0.4) is 0 Å². The van der Waals surface area contributed by atoms with Crippen molar-refractivity contribution < 1.29 is 22.1 Å². The number of ether oxygens (including phenoxy) is 1. The van der Waals surface area contributed by atoms with Crippen LogP contribution in [0.15, 0.2) is 24.3 Å². The number of carbonyl (C=O) groups excluding carboxylic acids is 1. The summed E-state index contributed by atoms with van der Waals surface area (Å²) < 4.78 is 31.0. The van der Waals surface area contributed by atoms with Crippen molar-refractivity contribution in [3.05, 3.63) is 24.3 Å². The van der Waals surface area contributed by atoms with Crippen LogP contribution in [0.5, 0.6) is 5.75 Å². The molecule has 0 heterocycles. The first-order valence-electron chi connectivity index (χ1n) is 4.68. The van der Waals surface area contributed by atoms with Gasteiger partial charge in [0.1, 0.15) is 5.75 Å². The lowest BCUT2D eigenvalue weighted by Gasteiger charge is -2.15. The van der Waals surface area contributed by atoms with Crippen LogP contribution in [-0.2, 0) is 19.1 Å². The third-order valence-electron chi connectivity index (χ3n) is 1.88. The summed E-state index contributed by atoms with van der Waals surface area (Å²) in [7, 11) is -1.98. The molecule has 7 heteroatoms. The van der Waals surface area contributed by atoms with Crippen LogP contribution in [0.2, 0.25) is 0 Å².